The van der Waals surface area contributed by atoms with E-state index in [4.69, 9.17) is 17.3 Å². The van der Waals surface area contributed by atoms with Crippen molar-refractivity contribution in [2.45, 2.75) is 32.7 Å². The molecule has 3 N–H and O–H groups in total. The SMILES string of the molecule is Cc1cccc(Cl)c1-n1c(N)c2cnc(Nc3ccc4c(c3)CN(C)CC4(C)C)nc2nc1=O. The van der Waals surface area contributed by atoms with Crippen LogP contribution in [0.2, 0.25) is 5.02 Å². The second-order valence-electron chi connectivity index (χ2n) is 9.50. The summed E-state index contributed by atoms with van der Waals surface area (Å²) in [4.78, 5) is 28.3. The number of nitrogen functional groups attached to an aromatic ring is 1. The van der Waals surface area contributed by atoms with Gasteiger partial charge in [-0.1, -0.05) is 43.6 Å². The molecule has 0 amide bonds. The van der Waals surface area contributed by atoms with Crippen LogP contribution in [0.1, 0.15) is 30.5 Å². The Kier molecular flexibility index (Phi) is 5.30. The number of hydrogen-bond acceptors (Lipinski definition) is 7. The van der Waals surface area contributed by atoms with Gasteiger partial charge in [-0.3, -0.25) is 0 Å². The summed E-state index contributed by atoms with van der Waals surface area (Å²) in [5.74, 6) is 0.533. The van der Waals surface area contributed by atoms with Crippen LogP contribution >= 0.6 is 11.6 Å². The Morgan fingerprint density at radius 2 is 1.97 bits per heavy atom. The van der Waals surface area contributed by atoms with E-state index in [1.807, 2.05) is 25.1 Å². The predicted molar refractivity (Wildman–Crippen MR) is 136 cm³/mol. The third-order valence-electron chi connectivity index (χ3n) is 6.29. The van der Waals surface area contributed by atoms with E-state index in [-0.39, 0.29) is 16.9 Å². The second-order valence-corrected chi connectivity index (χ2v) is 9.91. The molecule has 174 valence electrons. The highest BCUT2D eigenvalue weighted by Gasteiger charge is 2.30. The number of fused-ring (bicyclic) bond motifs is 2. The van der Waals surface area contributed by atoms with Crippen LogP contribution in [0.3, 0.4) is 0 Å². The van der Waals surface area contributed by atoms with E-state index in [2.05, 4.69) is 58.2 Å². The van der Waals surface area contributed by atoms with Crippen LogP contribution in [0.4, 0.5) is 17.5 Å². The fraction of sp³-hybridized carbons (Fsp3) is 0.280. The van der Waals surface area contributed by atoms with Gasteiger partial charge in [0.2, 0.25) is 5.95 Å². The number of nitrogens with one attached hydrogen (secondary N) is 1. The molecule has 2 aromatic heterocycles. The van der Waals surface area contributed by atoms with Crippen molar-refractivity contribution in [3.8, 4) is 5.69 Å². The number of nitrogens with zero attached hydrogens (tertiary/aromatic N) is 5. The van der Waals surface area contributed by atoms with E-state index in [9.17, 15) is 4.79 Å². The monoisotopic (exact) mass is 475 g/mol. The highest BCUT2D eigenvalue weighted by molar-refractivity contribution is 6.32. The van der Waals surface area contributed by atoms with E-state index < -0.39 is 5.69 Å². The van der Waals surface area contributed by atoms with Gasteiger partial charge < -0.3 is 16.0 Å². The Morgan fingerprint density at radius 3 is 2.74 bits per heavy atom. The first-order valence-electron chi connectivity index (χ1n) is 11.0. The number of aryl methyl sites for hydroxylation is 1. The van der Waals surface area contributed by atoms with Gasteiger partial charge in [-0.25, -0.2) is 14.3 Å². The minimum Gasteiger partial charge on any atom is -0.384 e. The Bertz CT molecular complexity index is 1470. The van der Waals surface area contributed by atoms with Crippen LogP contribution in [-0.4, -0.2) is 38.0 Å². The molecule has 34 heavy (non-hydrogen) atoms. The molecule has 9 heteroatoms. The molecule has 5 rings (SSSR count). The van der Waals surface area contributed by atoms with Gasteiger partial charge in [0, 0.05) is 30.4 Å². The molecule has 0 radical (unpaired) electrons. The fourth-order valence-electron chi connectivity index (χ4n) is 4.88. The molecule has 1 aliphatic heterocycles. The first kappa shape index (κ1) is 22.3. The molecule has 0 aliphatic carbocycles. The van der Waals surface area contributed by atoms with Crippen molar-refractivity contribution in [1.29, 1.82) is 0 Å². The Hall–Kier alpha value is -3.49. The smallest absolute Gasteiger partial charge is 0.355 e. The van der Waals surface area contributed by atoms with Crippen LogP contribution < -0.4 is 16.7 Å². The first-order chi connectivity index (χ1) is 16.1. The van der Waals surface area contributed by atoms with Crippen LogP contribution in [0.25, 0.3) is 16.7 Å². The van der Waals surface area contributed by atoms with Crippen molar-refractivity contribution in [2.24, 2.45) is 0 Å². The van der Waals surface area contributed by atoms with Crippen LogP contribution in [0.15, 0.2) is 47.4 Å². The third-order valence-corrected chi connectivity index (χ3v) is 6.59. The zero-order valence-electron chi connectivity index (χ0n) is 19.6. The first-order valence-corrected chi connectivity index (χ1v) is 11.4. The number of halogens is 1. The summed E-state index contributed by atoms with van der Waals surface area (Å²) < 4.78 is 1.30. The third kappa shape index (κ3) is 3.78. The van der Waals surface area contributed by atoms with Crippen LogP contribution in [0.5, 0.6) is 0 Å². The number of nitrogens with two attached hydrogens (primary N) is 1. The van der Waals surface area contributed by atoms with Gasteiger partial charge in [0.25, 0.3) is 0 Å². The molecule has 0 fully saturated rings. The van der Waals surface area contributed by atoms with E-state index in [0.717, 1.165) is 24.3 Å². The molecule has 2 aromatic carbocycles. The van der Waals surface area contributed by atoms with E-state index in [0.29, 0.717) is 22.0 Å². The molecule has 0 saturated carbocycles. The van der Waals surface area contributed by atoms with Crippen molar-refractivity contribution in [1.82, 2.24) is 24.4 Å². The number of anilines is 3. The molecular weight excluding hydrogens is 450 g/mol. The maximum absolute atomic E-state index is 12.9. The van der Waals surface area contributed by atoms with Crippen molar-refractivity contribution in [2.75, 3.05) is 24.6 Å². The van der Waals surface area contributed by atoms with Crippen LogP contribution in [0, 0.1) is 6.92 Å². The average molecular weight is 476 g/mol. The minimum atomic E-state index is -0.551. The van der Waals surface area contributed by atoms with Crippen molar-refractivity contribution >= 4 is 40.1 Å². The summed E-state index contributed by atoms with van der Waals surface area (Å²) in [5.41, 5.74) is 10.9. The summed E-state index contributed by atoms with van der Waals surface area (Å²) in [6.45, 7) is 8.27. The highest BCUT2D eigenvalue weighted by Crippen LogP contribution is 2.34. The average Bonchev–Trinajstić information content (AvgIpc) is 2.74. The summed E-state index contributed by atoms with van der Waals surface area (Å²) in [7, 11) is 2.13. The fourth-order valence-corrected chi connectivity index (χ4v) is 5.19. The number of rotatable bonds is 3. The van der Waals surface area contributed by atoms with E-state index in [1.54, 1.807) is 12.3 Å². The summed E-state index contributed by atoms with van der Waals surface area (Å²) in [5, 5.41) is 4.12. The Balaban J connectivity index is 1.53. The molecular formula is C25H26ClN7O. The van der Waals surface area contributed by atoms with Crippen molar-refractivity contribution in [3.63, 3.8) is 0 Å². The lowest BCUT2D eigenvalue weighted by Gasteiger charge is -2.38. The normalized spacial score (nSPS) is 15.3. The Morgan fingerprint density at radius 1 is 1.18 bits per heavy atom. The minimum absolute atomic E-state index is 0.0850. The van der Waals surface area contributed by atoms with Gasteiger partial charge in [-0.2, -0.15) is 9.97 Å². The predicted octanol–water partition coefficient (Wildman–Crippen LogP) is 4.19. The number of para-hydroxylation sites is 1. The lowest BCUT2D eigenvalue weighted by atomic mass is 9.78. The highest BCUT2D eigenvalue weighted by atomic mass is 35.5. The lowest BCUT2D eigenvalue weighted by Crippen LogP contribution is -2.39. The molecule has 3 heterocycles. The summed E-state index contributed by atoms with van der Waals surface area (Å²) in [6.07, 6.45) is 1.57. The van der Waals surface area contributed by atoms with Gasteiger partial charge in [-0.05, 0) is 48.9 Å². The Labute approximate surface area is 202 Å². The van der Waals surface area contributed by atoms with Gasteiger partial charge >= 0.3 is 5.69 Å². The van der Waals surface area contributed by atoms with Crippen LogP contribution in [-0.2, 0) is 12.0 Å². The van der Waals surface area contributed by atoms with Gasteiger partial charge in [0.05, 0.1) is 16.1 Å². The van der Waals surface area contributed by atoms with Crippen molar-refractivity contribution < 1.29 is 0 Å². The van der Waals surface area contributed by atoms with Gasteiger partial charge in [0.1, 0.15) is 5.82 Å². The molecule has 4 aromatic rings. The molecule has 0 saturated heterocycles. The molecule has 0 bridgehead atoms. The number of benzene rings is 2. The zero-order valence-corrected chi connectivity index (χ0v) is 20.3. The maximum atomic E-state index is 12.9. The molecule has 0 unspecified atom stereocenters. The number of aromatic nitrogens is 4. The van der Waals surface area contributed by atoms with Crippen molar-refractivity contribution in [3.05, 3.63) is 74.8 Å². The largest absolute Gasteiger partial charge is 0.384 e. The topological polar surface area (TPSA) is 102 Å². The summed E-state index contributed by atoms with van der Waals surface area (Å²) >= 11 is 6.36. The zero-order chi connectivity index (χ0) is 24.2. The van der Waals surface area contributed by atoms with Gasteiger partial charge in [-0.15, -0.1) is 0 Å². The standard InChI is InChI=1S/C25H26ClN7O/c1-14-6-5-7-19(26)20(14)33-21(27)17-11-28-23(30-22(17)31-24(33)34)29-16-8-9-18-15(10-16)12-32(4)13-25(18,2)3/h5-11H,12-13,27H2,1-4H3,(H,29,30,31,34). The number of hydrogen-bond donors (Lipinski definition) is 2. The molecule has 0 atom stereocenters. The lowest BCUT2D eigenvalue weighted by molar-refractivity contribution is 0.236. The van der Waals surface area contributed by atoms with E-state index >= 15 is 0 Å². The maximum Gasteiger partial charge on any atom is 0.355 e. The number of likely N-dealkylation sites (N-methyl/N-ethyl adjacent to an activating group) is 1. The van der Waals surface area contributed by atoms with Gasteiger partial charge in [0.15, 0.2) is 5.65 Å². The molecule has 8 nitrogen and oxygen atoms in total. The summed E-state index contributed by atoms with van der Waals surface area (Å²) in [6, 6.07) is 11.7. The second kappa shape index (κ2) is 8.07. The molecule has 1 aliphatic rings. The van der Waals surface area contributed by atoms with E-state index in [1.165, 1.54) is 15.7 Å². The quantitative estimate of drug-likeness (QED) is 0.458. The molecule has 0 spiro atoms.